The first-order chi connectivity index (χ1) is 14.5. The van der Waals surface area contributed by atoms with E-state index in [1.807, 2.05) is 32.1 Å². The number of rotatable bonds is 6. The largest absolute Gasteiger partial charge is 0.358 e. The van der Waals surface area contributed by atoms with Gasteiger partial charge in [0.05, 0.1) is 0 Å². The topological polar surface area (TPSA) is 15.3 Å². The van der Waals surface area contributed by atoms with Crippen LogP contribution < -0.4 is 5.32 Å². The third-order valence-corrected chi connectivity index (χ3v) is 6.92. The molecule has 0 aromatic heterocycles. The summed E-state index contributed by atoms with van der Waals surface area (Å²) in [6.45, 7) is 12.1. The Balaban J connectivity index is 1.78. The Morgan fingerprint density at radius 2 is 2.07 bits per heavy atom. The Kier molecular flexibility index (Phi) is 8.05. The molecule has 1 aliphatic carbocycles. The second-order valence-corrected chi connectivity index (χ2v) is 8.86. The van der Waals surface area contributed by atoms with Crippen molar-refractivity contribution in [3.05, 3.63) is 92.8 Å². The van der Waals surface area contributed by atoms with Crippen LogP contribution in [0.2, 0.25) is 5.02 Å². The molecule has 2 aliphatic rings. The highest BCUT2D eigenvalue weighted by molar-refractivity contribution is 6.32. The summed E-state index contributed by atoms with van der Waals surface area (Å²) < 4.78 is 0. The molecule has 1 N–H and O–H groups in total. The van der Waals surface area contributed by atoms with Crippen LogP contribution in [0.15, 0.2) is 76.7 Å². The third-order valence-electron chi connectivity index (χ3n) is 6.20. The predicted molar refractivity (Wildman–Crippen MR) is 131 cm³/mol. The number of benzene rings is 1. The highest BCUT2D eigenvalue weighted by atomic mass is 35.5. The third kappa shape index (κ3) is 5.11. The molecule has 0 saturated heterocycles. The maximum atomic E-state index is 6.51. The van der Waals surface area contributed by atoms with Gasteiger partial charge in [-0.3, -0.25) is 4.90 Å². The Bertz CT molecular complexity index is 921. The van der Waals surface area contributed by atoms with Crippen molar-refractivity contribution in [2.75, 3.05) is 13.1 Å². The summed E-state index contributed by atoms with van der Waals surface area (Å²) in [6.07, 6.45) is 12.2. The van der Waals surface area contributed by atoms with Gasteiger partial charge in [0.25, 0.3) is 0 Å². The van der Waals surface area contributed by atoms with Crippen molar-refractivity contribution in [1.82, 2.24) is 10.2 Å². The van der Waals surface area contributed by atoms with Crippen molar-refractivity contribution in [2.24, 2.45) is 0 Å². The number of hydrogen-bond acceptors (Lipinski definition) is 2. The number of hydrogen-bond donors (Lipinski definition) is 1. The number of allylic oxidation sites excluding steroid dienone is 5. The number of aryl methyl sites for hydroxylation is 1. The van der Waals surface area contributed by atoms with E-state index in [4.69, 9.17) is 23.2 Å². The molecular formula is C26H32Cl2N2. The van der Waals surface area contributed by atoms with Crippen LogP contribution in [0, 0.1) is 0 Å². The van der Waals surface area contributed by atoms with Gasteiger partial charge in [-0.2, -0.15) is 0 Å². The van der Waals surface area contributed by atoms with Crippen LogP contribution in [-0.2, 0) is 12.8 Å². The fraction of sp³-hybridized carbons (Fsp3) is 0.385. The number of nitrogens with zero attached hydrogens (tertiary/aromatic N) is 1. The number of fused-ring (bicyclic) bond motifs is 1. The van der Waals surface area contributed by atoms with Gasteiger partial charge < -0.3 is 5.32 Å². The minimum Gasteiger partial charge on any atom is -0.358 e. The van der Waals surface area contributed by atoms with Crippen molar-refractivity contribution < 1.29 is 0 Å². The molecule has 3 rings (SSSR count). The fourth-order valence-corrected chi connectivity index (χ4v) is 4.84. The van der Waals surface area contributed by atoms with E-state index in [1.54, 1.807) is 6.08 Å². The Morgan fingerprint density at radius 3 is 2.77 bits per heavy atom. The molecule has 0 bridgehead atoms. The van der Waals surface area contributed by atoms with E-state index in [-0.39, 0.29) is 0 Å². The Morgan fingerprint density at radius 1 is 1.27 bits per heavy atom. The summed E-state index contributed by atoms with van der Waals surface area (Å²) in [7, 11) is 0. The average molecular weight is 443 g/mol. The van der Waals surface area contributed by atoms with Crippen molar-refractivity contribution in [3.8, 4) is 0 Å². The lowest BCUT2D eigenvalue weighted by molar-refractivity contribution is 0.184. The molecule has 1 aliphatic heterocycles. The van der Waals surface area contributed by atoms with Crippen LogP contribution in [0.5, 0.6) is 0 Å². The second-order valence-electron chi connectivity index (χ2n) is 8.05. The van der Waals surface area contributed by atoms with E-state index in [1.165, 1.54) is 28.8 Å². The van der Waals surface area contributed by atoms with E-state index in [0.717, 1.165) is 48.6 Å². The lowest BCUT2D eigenvalue weighted by Gasteiger charge is -2.39. The first-order valence-electron chi connectivity index (χ1n) is 10.8. The van der Waals surface area contributed by atoms with Crippen LogP contribution in [-0.4, -0.2) is 24.0 Å². The van der Waals surface area contributed by atoms with Gasteiger partial charge in [0.2, 0.25) is 0 Å². The fourth-order valence-electron chi connectivity index (χ4n) is 4.41. The van der Waals surface area contributed by atoms with Crippen molar-refractivity contribution >= 4 is 23.2 Å². The van der Waals surface area contributed by atoms with E-state index in [2.05, 4.69) is 41.9 Å². The molecule has 2 nitrogen and oxygen atoms in total. The molecule has 1 aromatic carbocycles. The molecule has 1 aromatic rings. The first-order valence-corrected chi connectivity index (χ1v) is 11.5. The van der Waals surface area contributed by atoms with Crippen LogP contribution in [0.4, 0.5) is 0 Å². The number of nitrogens with one attached hydrogen (secondary N) is 1. The molecule has 1 heterocycles. The van der Waals surface area contributed by atoms with Gasteiger partial charge in [-0.1, -0.05) is 71.8 Å². The summed E-state index contributed by atoms with van der Waals surface area (Å²) in [4.78, 5) is 2.61. The molecule has 160 valence electrons. The molecule has 1 unspecified atom stereocenters. The molecule has 1 atom stereocenters. The van der Waals surface area contributed by atoms with Gasteiger partial charge in [-0.05, 0) is 63.6 Å². The minimum atomic E-state index is 0.527. The van der Waals surface area contributed by atoms with Crippen LogP contribution in [0.25, 0.3) is 0 Å². The van der Waals surface area contributed by atoms with Gasteiger partial charge in [0.1, 0.15) is 0 Å². The average Bonchev–Trinajstić information content (AvgIpc) is 2.77. The molecule has 0 fully saturated rings. The van der Waals surface area contributed by atoms with Crippen LogP contribution in [0.3, 0.4) is 0 Å². The Hall–Kier alpha value is -1.74. The van der Waals surface area contributed by atoms with Gasteiger partial charge in [-0.15, -0.1) is 0 Å². The monoisotopic (exact) mass is 442 g/mol. The summed E-state index contributed by atoms with van der Waals surface area (Å²) in [5.41, 5.74) is 7.42. The highest BCUT2D eigenvalue weighted by Gasteiger charge is 2.28. The minimum absolute atomic E-state index is 0.527. The summed E-state index contributed by atoms with van der Waals surface area (Å²) in [6, 6.07) is 6.84. The van der Waals surface area contributed by atoms with Crippen molar-refractivity contribution in [3.63, 3.8) is 0 Å². The molecule has 0 radical (unpaired) electrons. The second kappa shape index (κ2) is 10.5. The van der Waals surface area contributed by atoms with Crippen LogP contribution in [0.1, 0.15) is 44.7 Å². The maximum absolute atomic E-state index is 6.51. The van der Waals surface area contributed by atoms with E-state index < -0.39 is 0 Å². The van der Waals surface area contributed by atoms with Crippen LogP contribution >= 0.6 is 23.2 Å². The standard InChI is InChI=1S/C26H32Cl2N2/c1-5-9-21(23(27)6-2)25(7-3)29-26-17-30(15-14-18(26)4)20-13-12-19-10-8-11-24(28)22(19)16-20/h5-11,20,29H,2,12-17H2,1,3-4H3/b9-5-,23-21-,25-7-. The quantitative estimate of drug-likeness (QED) is 0.480. The molecule has 0 saturated carbocycles. The van der Waals surface area contributed by atoms with Gasteiger partial charge in [0, 0.05) is 46.2 Å². The lowest BCUT2D eigenvalue weighted by Crippen LogP contribution is -2.45. The van der Waals surface area contributed by atoms with Gasteiger partial charge in [0.15, 0.2) is 0 Å². The zero-order valence-electron chi connectivity index (χ0n) is 18.3. The zero-order valence-corrected chi connectivity index (χ0v) is 19.8. The molecule has 4 heteroatoms. The maximum Gasteiger partial charge on any atom is 0.0493 e. The summed E-state index contributed by atoms with van der Waals surface area (Å²) in [5, 5.41) is 5.25. The zero-order chi connectivity index (χ0) is 21.7. The van der Waals surface area contributed by atoms with Gasteiger partial charge >= 0.3 is 0 Å². The van der Waals surface area contributed by atoms with Crippen molar-refractivity contribution in [1.29, 1.82) is 0 Å². The Labute approximate surface area is 191 Å². The van der Waals surface area contributed by atoms with E-state index in [9.17, 15) is 0 Å². The summed E-state index contributed by atoms with van der Waals surface area (Å²) >= 11 is 13.0. The van der Waals surface area contributed by atoms with E-state index >= 15 is 0 Å². The molecular weight excluding hydrogens is 411 g/mol. The first kappa shape index (κ1) is 22.9. The molecule has 30 heavy (non-hydrogen) atoms. The molecule has 0 spiro atoms. The van der Waals surface area contributed by atoms with Crippen molar-refractivity contribution in [2.45, 2.75) is 52.5 Å². The predicted octanol–water partition coefficient (Wildman–Crippen LogP) is 6.93. The SMILES string of the molecule is C=C/C(Cl)=C(\C=C/C)C(=C/C)/NC1=C(C)CCN(C2CCc3cccc(Cl)c3C2)C1. The smallest absolute Gasteiger partial charge is 0.0493 e. The van der Waals surface area contributed by atoms with E-state index in [0.29, 0.717) is 11.1 Å². The van der Waals surface area contributed by atoms with Gasteiger partial charge in [-0.25, -0.2) is 0 Å². The lowest BCUT2D eigenvalue weighted by atomic mass is 9.86. The molecule has 0 amide bonds. The highest BCUT2D eigenvalue weighted by Crippen LogP contribution is 2.32. The normalized spacial score (nSPS) is 21.5. The number of halogens is 2. The summed E-state index contributed by atoms with van der Waals surface area (Å²) in [5.74, 6) is 0.